The SMILES string of the molecule is N#C/C=C/c1ccc([N+](=O)[O-])cc1O. The number of nitriles is 1. The molecule has 0 atom stereocenters. The second-order valence-electron chi connectivity index (χ2n) is 2.46. The predicted molar refractivity (Wildman–Crippen MR) is 49.4 cm³/mol. The summed E-state index contributed by atoms with van der Waals surface area (Å²) >= 11 is 0. The summed E-state index contributed by atoms with van der Waals surface area (Å²) in [6.45, 7) is 0. The average Bonchev–Trinajstić information content (AvgIpc) is 2.15. The zero-order chi connectivity index (χ0) is 10.6. The highest BCUT2D eigenvalue weighted by Crippen LogP contribution is 2.24. The van der Waals surface area contributed by atoms with Crippen LogP contribution in [0.5, 0.6) is 5.75 Å². The zero-order valence-corrected chi connectivity index (χ0v) is 7.04. The van der Waals surface area contributed by atoms with Crippen molar-refractivity contribution in [1.29, 1.82) is 5.26 Å². The Balaban J connectivity index is 3.09. The van der Waals surface area contributed by atoms with Gasteiger partial charge in [-0.15, -0.1) is 0 Å². The van der Waals surface area contributed by atoms with Crippen molar-refractivity contribution >= 4 is 11.8 Å². The molecule has 5 nitrogen and oxygen atoms in total. The molecule has 0 bridgehead atoms. The van der Waals surface area contributed by atoms with E-state index < -0.39 is 4.92 Å². The fraction of sp³-hybridized carbons (Fsp3) is 0. The number of rotatable bonds is 2. The molecule has 0 heterocycles. The van der Waals surface area contributed by atoms with E-state index in [9.17, 15) is 15.2 Å². The third-order valence-electron chi connectivity index (χ3n) is 1.56. The standard InChI is InChI=1S/C9H6N2O3/c10-5-1-2-7-3-4-8(11(13)14)6-9(7)12/h1-4,6,12H/b2-1+. The van der Waals surface area contributed by atoms with Crippen LogP contribution in [0.2, 0.25) is 0 Å². The molecular formula is C9H6N2O3. The third kappa shape index (κ3) is 2.08. The summed E-state index contributed by atoms with van der Waals surface area (Å²) in [4.78, 5) is 9.70. The lowest BCUT2D eigenvalue weighted by Crippen LogP contribution is -1.87. The number of benzene rings is 1. The third-order valence-corrected chi connectivity index (χ3v) is 1.56. The van der Waals surface area contributed by atoms with E-state index in [-0.39, 0.29) is 11.4 Å². The van der Waals surface area contributed by atoms with Crippen LogP contribution in [0.15, 0.2) is 24.3 Å². The Kier molecular flexibility index (Phi) is 2.82. The van der Waals surface area contributed by atoms with Gasteiger partial charge in [0.25, 0.3) is 5.69 Å². The van der Waals surface area contributed by atoms with E-state index in [1.54, 1.807) is 6.07 Å². The lowest BCUT2D eigenvalue weighted by Gasteiger charge is -1.97. The summed E-state index contributed by atoms with van der Waals surface area (Å²) in [7, 11) is 0. The van der Waals surface area contributed by atoms with Crippen molar-refractivity contribution in [1.82, 2.24) is 0 Å². The van der Waals surface area contributed by atoms with E-state index in [2.05, 4.69) is 0 Å². The quantitative estimate of drug-likeness (QED) is 0.437. The smallest absolute Gasteiger partial charge is 0.273 e. The van der Waals surface area contributed by atoms with Crippen LogP contribution in [0.1, 0.15) is 5.56 Å². The highest BCUT2D eigenvalue weighted by Gasteiger charge is 2.07. The molecule has 1 N–H and O–H groups in total. The summed E-state index contributed by atoms with van der Waals surface area (Å²) < 4.78 is 0. The first kappa shape index (κ1) is 9.74. The minimum atomic E-state index is -0.600. The number of allylic oxidation sites excluding steroid dienone is 1. The molecule has 0 saturated heterocycles. The van der Waals surface area contributed by atoms with Crippen molar-refractivity contribution in [2.75, 3.05) is 0 Å². The lowest BCUT2D eigenvalue weighted by atomic mass is 10.1. The maximum atomic E-state index is 10.3. The fourth-order valence-corrected chi connectivity index (χ4v) is 0.914. The second-order valence-corrected chi connectivity index (χ2v) is 2.46. The molecule has 0 radical (unpaired) electrons. The van der Waals surface area contributed by atoms with Gasteiger partial charge in [-0.2, -0.15) is 5.26 Å². The zero-order valence-electron chi connectivity index (χ0n) is 7.04. The number of nitro groups is 1. The van der Waals surface area contributed by atoms with Gasteiger partial charge in [-0.3, -0.25) is 10.1 Å². The number of non-ortho nitro benzene ring substituents is 1. The van der Waals surface area contributed by atoms with Crippen LogP contribution >= 0.6 is 0 Å². The number of phenols is 1. The van der Waals surface area contributed by atoms with Crippen LogP contribution in [-0.2, 0) is 0 Å². The van der Waals surface area contributed by atoms with Crippen molar-refractivity contribution in [2.45, 2.75) is 0 Å². The summed E-state index contributed by atoms with van der Waals surface area (Å²) in [5.41, 5.74) is 0.189. The molecule has 0 aliphatic heterocycles. The number of hydrogen-bond donors (Lipinski definition) is 1. The molecule has 0 amide bonds. The number of aromatic hydroxyl groups is 1. The van der Waals surface area contributed by atoms with Gasteiger partial charge in [0.05, 0.1) is 17.1 Å². The summed E-state index contributed by atoms with van der Waals surface area (Å²) in [6, 6.07) is 5.43. The molecule has 0 saturated carbocycles. The molecule has 1 aromatic carbocycles. The van der Waals surface area contributed by atoms with Gasteiger partial charge in [-0.05, 0) is 12.1 Å². The minimum absolute atomic E-state index is 0.184. The predicted octanol–water partition coefficient (Wildman–Crippen LogP) is 1.84. The Labute approximate surface area is 79.7 Å². The van der Waals surface area contributed by atoms with E-state index in [1.807, 2.05) is 0 Å². The fourth-order valence-electron chi connectivity index (χ4n) is 0.914. The Morgan fingerprint density at radius 1 is 1.57 bits per heavy atom. The van der Waals surface area contributed by atoms with Gasteiger partial charge < -0.3 is 5.11 Å². The van der Waals surface area contributed by atoms with Crippen molar-refractivity contribution < 1.29 is 10.0 Å². The molecule has 0 aliphatic carbocycles. The molecule has 1 aromatic rings. The molecule has 70 valence electrons. The Morgan fingerprint density at radius 3 is 2.79 bits per heavy atom. The highest BCUT2D eigenvalue weighted by atomic mass is 16.6. The lowest BCUT2D eigenvalue weighted by molar-refractivity contribution is -0.384. The van der Waals surface area contributed by atoms with Gasteiger partial charge in [-0.25, -0.2) is 0 Å². The maximum absolute atomic E-state index is 10.3. The van der Waals surface area contributed by atoms with E-state index in [0.717, 1.165) is 6.07 Å². The number of nitrogens with zero attached hydrogens (tertiary/aromatic N) is 2. The van der Waals surface area contributed by atoms with Crippen molar-refractivity contribution in [2.24, 2.45) is 0 Å². The molecule has 0 fully saturated rings. The van der Waals surface area contributed by atoms with Crippen LogP contribution in [0, 0.1) is 21.4 Å². The minimum Gasteiger partial charge on any atom is -0.507 e. The van der Waals surface area contributed by atoms with Gasteiger partial charge >= 0.3 is 0 Å². The van der Waals surface area contributed by atoms with Crippen molar-refractivity contribution in [3.8, 4) is 11.8 Å². The van der Waals surface area contributed by atoms with Gasteiger partial charge in [0.1, 0.15) is 5.75 Å². The van der Waals surface area contributed by atoms with E-state index in [1.165, 1.54) is 24.3 Å². The normalized spacial score (nSPS) is 9.93. The second kappa shape index (κ2) is 4.05. The largest absolute Gasteiger partial charge is 0.507 e. The van der Waals surface area contributed by atoms with Crippen LogP contribution < -0.4 is 0 Å². The Hall–Kier alpha value is -2.35. The molecule has 0 aliphatic rings. The van der Waals surface area contributed by atoms with Crippen molar-refractivity contribution in [3.63, 3.8) is 0 Å². The van der Waals surface area contributed by atoms with Crippen LogP contribution in [0.3, 0.4) is 0 Å². The topological polar surface area (TPSA) is 87.2 Å². The first-order valence-electron chi connectivity index (χ1n) is 3.68. The highest BCUT2D eigenvalue weighted by molar-refractivity contribution is 5.61. The van der Waals surface area contributed by atoms with Crippen molar-refractivity contribution in [3.05, 3.63) is 40.0 Å². The molecule has 14 heavy (non-hydrogen) atoms. The van der Waals surface area contributed by atoms with E-state index in [4.69, 9.17) is 5.26 Å². The molecule has 0 unspecified atom stereocenters. The summed E-state index contributed by atoms with van der Waals surface area (Å²) in [5.74, 6) is -0.217. The summed E-state index contributed by atoms with van der Waals surface area (Å²) in [6.07, 6.45) is 2.56. The van der Waals surface area contributed by atoms with Gasteiger partial charge in [0, 0.05) is 17.7 Å². The Morgan fingerprint density at radius 2 is 2.29 bits per heavy atom. The monoisotopic (exact) mass is 190 g/mol. The first-order valence-corrected chi connectivity index (χ1v) is 3.68. The molecule has 0 spiro atoms. The molecule has 0 aromatic heterocycles. The number of hydrogen-bond acceptors (Lipinski definition) is 4. The maximum Gasteiger partial charge on any atom is 0.273 e. The van der Waals surface area contributed by atoms with Gasteiger partial charge in [0.15, 0.2) is 0 Å². The summed E-state index contributed by atoms with van der Waals surface area (Å²) in [5, 5.41) is 27.8. The molecule has 5 heteroatoms. The number of nitro benzene ring substituents is 1. The molecule has 1 rings (SSSR count). The first-order chi connectivity index (χ1) is 6.65. The Bertz CT molecular complexity index is 432. The van der Waals surface area contributed by atoms with E-state index >= 15 is 0 Å². The van der Waals surface area contributed by atoms with Gasteiger partial charge in [0.2, 0.25) is 0 Å². The van der Waals surface area contributed by atoms with Crippen LogP contribution in [-0.4, -0.2) is 10.0 Å². The average molecular weight is 190 g/mol. The van der Waals surface area contributed by atoms with Crippen LogP contribution in [0.25, 0.3) is 6.08 Å². The van der Waals surface area contributed by atoms with E-state index in [0.29, 0.717) is 5.56 Å². The van der Waals surface area contributed by atoms with Crippen LogP contribution in [0.4, 0.5) is 5.69 Å². The number of phenolic OH excluding ortho intramolecular Hbond substituents is 1. The van der Waals surface area contributed by atoms with Gasteiger partial charge in [-0.1, -0.05) is 0 Å². The molecular weight excluding hydrogens is 184 g/mol.